The van der Waals surface area contributed by atoms with E-state index >= 15 is 0 Å². The summed E-state index contributed by atoms with van der Waals surface area (Å²) in [5.74, 6) is -3.46. The van der Waals surface area contributed by atoms with E-state index in [1.54, 1.807) is 6.20 Å². The Bertz CT molecular complexity index is 1090. The molecule has 12 nitrogen and oxygen atoms in total. The number of hydrogen-bond donors (Lipinski definition) is 7. The molecule has 35 heavy (non-hydrogen) atoms. The molecule has 2 heterocycles. The molecular formula is C23H31N5O7. The molecule has 0 saturated carbocycles. The molecule has 190 valence electrons. The first-order chi connectivity index (χ1) is 16.6. The van der Waals surface area contributed by atoms with Crippen LogP contribution in [0.2, 0.25) is 0 Å². The summed E-state index contributed by atoms with van der Waals surface area (Å²) in [6.07, 6.45) is 1.37. The average Bonchev–Trinajstić information content (AvgIpc) is 3.47. The van der Waals surface area contributed by atoms with E-state index in [2.05, 4.69) is 15.6 Å². The fourth-order valence-electron chi connectivity index (χ4n) is 4.24. The Morgan fingerprint density at radius 1 is 1.23 bits per heavy atom. The van der Waals surface area contributed by atoms with Crippen LogP contribution in [0.5, 0.6) is 0 Å². The first-order valence-electron chi connectivity index (χ1n) is 11.4. The maximum atomic E-state index is 13.1. The minimum Gasteiger partial charge on any atom is -0.480 e. The lowest BCUT2D eigenvalue weighted by atomic mass is 10.0. The van der Waals surface area contributed by atoms with E-state index in [0.717, 1.165) is 16.5 Å². The molecule has 1 saturated heterocycles. The van der Waals surface area contributed by atoms with Crippen LogP contribution in [-0.4, -0.2) is 92.3 Å². The van der Waals surface area contributed by atoms with Gasteiger partial charge in [0.1, 0.15) is 12.1 Å². The van der Waals surface area contributed by atoms with Crippen LogP contribution in [-0.2, 0) is 25.6 Å². The van der Waals surface area contributed by atoms with Crippen molar-refractivity contribution in [2.45, 2.75) is 56.5 Å². The number of aliphatic hydroxyl groups excluding tert-OH is 2. The third-order valence-electron chi connectivity index (χ3n) is 6.13. The number of nitrogens with one attached hydrogen (secondary N) is 3. The number of aromatic amines is 1. The highest BCUT2D eigenvalue weighted by molar-refractivity contribution is 5.95. The highest BCUT2D eigenvalue weighted by atomic mass is 16.4. The Morgan fingerprint density at radius 2 is 1.94 bits per heavy atom. The summed E-state index contributed by atoms with van der Waals surface area (Å²) >= 11 is 0. The van der Waals surface area contributed by atoms with Crippen LogP contribution in [0.15, 0.2) is 30.5 Å². The van der Waals surface area contributed by atoms with E-state index in [1.807, 2.05) is 24.3 Å². The van der Waals surface area contributed by atoms with Crippen molar-refractivity contribution in [2.75, 3.05) is 13.2 Å². The number of aromatic nitrogens is 1. The smallest absolute Gasteiger partial charge is 0.328 e. The second kappa shape index (κ2) is 11.3. The molecule has 8 N–H and O–H groups in total. The van der Waals surface area contributed by atoms with Gasteiger partial charge in [-0.25, -0.2) is 4.79 Å². The number of aliphatic carboxylic acids is 1. The van der Waals surface area contributed by atoms with E-state index in [9.17, 15) is 34.5 Å². The number of benzene rings is 1. The Labute approximate surface area is 201 Å². The summed E-state index contributed by atoms with van der Waals surface area (Å²) in [5, 5.41) is 34.2. The summed E-state index contributed by atoms with van der Waals surface area (Å²) in [5.41, 5.74) is 7.80. The number of fused-ring (bicyclic) bond motifs is 1. The molecule has 1 aromatic carbocycles. The number of rotatable bonds is 10. The number of carbonyl (C=O) groups is 4. The Hall–Kier alpha value is -3.48. The van der Waals surface area contributed by atoms with Gasteiger partial charge in [0.2, 0.25) is 17.7 Å². The quantitative estimate of drug-likeness (QED) is 0.208. The molecule has 0 bridgehead atoms. The van der Waals surface area contributed by atoms with Gasteiger partial charge in [0.15, 0.2) is 6.04 Å². The predicted octanol–water partition coefficient (Wildman–Crippen LogP) is -1.54. The molecule has 5 atom stereocenters. The fraction of sp³-hybridized carbons (Fsp3) is 0.478. The molecule has 3 rings (SSSR count). The van der Waals surface area contributed by atoms with Crippen molar-refractivity contribution in [1.29, 1.82) is 0 Å². The van der Waals surface area contributed by atoms with Crippen LogP contribution in [0.3, 0.4) is 0 Å². The summed E-state index contributed by atoms with van der Waals surface area (Å²) in [4.78, 5) is 54.0. The fourth-order valence-corrected chi connectivity index (χ4v) is 4.24. The van der Waals surface area contributed by atoms with Crippen LogP contribution >= 0.6 is 0 Å². The van der Waals surface area contributed by atoms with Crippen LogP contribution in [0.1, 0.15) is 25.3 Å². The van der Waals surface area contributed by atoms with Gasteiger partial charge in [-0.05, 0) is 37.8 Å². The lowest BCUT2D eigenvalue weighted by Crippen LogP contribution is -2.58. The van der Waals surface area contributed by atoms with Gasteiger partial charge in [-0.15, -0.1) is 0 Å². The van der Waals surface area contributed by atoms with E-state index in [4.69, 9.17) is 5.73 Å². The highest BCUT2D eigenvalue weighted by Crippen LogP contribution is 2.20. The number of nitrogens with two attached hydrogens (primary N) is 1. The molecule has 5 unspecified atom stereocenters. The van der Waals surface area contributed by atoms with Crippen molar-refractivity contribution in [3.8, 4) is 0 Å². The number of aliphatic hydroxyl groups is 2. The molecular weight excluding hydrogens is 458 g/mol. The molecule has 1 fully saturated rings. The van der Waals surface area contributed by atoms with Crippen LogP contribution in [0, 0.1) is 0 Å². The van der Waals surface area contributed by atoms with Crippen molar-refractivity contribution in [1.82, 2.24) is 20.5 Å². The van der Waals surface area contributed by atoms with Crippen molar-refractivity contribution in [2.24, 2.45) is 5.73 Å². The molecule has 3 amide bonds. The SMILES string of the molecule is CC(O)C(NC(=O)C1CCCN1C(=O)C(CO)NC(=O)C(N)Cc1c[nH]c2ccccc12)C(=O)O. The lowest BCUT2D eigenvalue weighted by molar-refractivity contribution is -0.147. The third-order valence-corrected chi connectivity index (χ3v) is 6.13. The van der Waals surface area contributed by atoms with Gasteiger partial charge in [-0.1, -0.05) is 18.2 Å². The highest BCUT2D eigenvalue weighted by Gasteiger charge is 2.39. The van der Waals surface area contributed by atoms with Gasteiger partial charge in [-0.3, -0.25) is 14.4 Å². The number of nitrogens with zero attached hydrogens (tertiary/aromatic N) is 1. The van der Waals surface area contributed by atoms with Gasteiger partial charge >= 0.3 is 5.97 Å². The second-order valence-corrected chi connectivity index (χ2v) is 8.67. The number of carbonyl (C=O) groups excluding carboxylic acids is 3. The lowest BCUT2D eigenvalue weighted by Gasteiger charge is -2.29. The van der Waals surface area contributed by atoms with Gasteiger partial charge in [0.05, 0.1) is 18.8 Å². The van der Waals surface area contributed by atoms with E-state index in [-0.39, 0.29) is 19.4 Å². The van der Waals surface area contributed by atoms with Crippen molar-refractivity contribution >= 4 is 34.6 Å². The maximum Gasteiger partial charge on any atom is 0.328 e. The number of para-hydroxylation sites is 1. The summed E-state index contributed by atoms with van der Waals surface area (Å²) in [7, 11) is 0. The molecule has 0 spiro atoms. The minimum absolute atomic E-state index is 0.192. The number of likely N-dealkylation sites (tertiary alicyclic amines) is 1. The average molecular weight is 490 g/mol. The van der Waals surface area contributed by atoms with E-state index in [1.165, 1.54) is 11.8 Å². The minimum atomic E-state index is -1.53. The zero-order chi connectivity index (χ0) is 25.7. The molecule has 12 heteroatoms. The van der Waals surface area contributed by atoms with E-state index in [0.29, 0.717) is 6.42 Å². The summed E-state index contributed by atoms with van der Waals surface area (Å²) in [6.45, 7) is 0.714. The van der Waals surface area contributed by atoms with Crippen LogP contribution in [0.25, 0.3) is 10.9 Å². The van der Waals surface area contributed by atoms with Crippen molar-refractivity contribution in [3.05, 3.63) is 36.0 Å². The Morgan fingerprint density at radius 3 is 2.60 bits per heavy atom. The predicted molar refractivity (Wildman–Crippen MR) is 125 cm³/mol. The van der Waals surface area contributed by atoms with Crippen molar-refractivity contribution < 1.29 is 34.5 Å². The Kier molecular flexibility index (Phi) is 8.43. The van der Waals surface area contributed by atoms with Crippen LogP contribution < -0.4 is 16.4 Å². The molecule has 2 aromatic rings. The number of hydrogen-bond acceptors (Lipinski definition) is 7. The van der Waals surface area contributed by atoms with Gasteiger partial charge in [0.25, 0.3) is 0 Å². The normalized spacial score (nSPS) is 19.1. The summed E-state index contributed by atoms with van der Waals surface area (Å²) in [6, 6.07) is 2.71. The number of carboxylic acid groups (broad SMARTS) is 1. The van der Waals surface area contributed by atoms with Gasteiger partial charge in [-0.2, -0.15) is 0 Å². The first kappa shape index (κ1) is 26.1. The molecule has 0 radical (unpaired) electrons. The standard InChI is InChI=1S/C23H31N5O7/c1-12(30)19(23(34)35)27-21(32)18-7-4-8-28(18)22(33)17(11-29)26-20(31)15(24)9-13-10-25-16-6-3-2-5-14(13)16/h2-3,5-6,10,12,15,17-19,25,29-30H,4,7-9,11,24H2,1H3,(H,26,31)(H,27,32)(H,34,35). The topological polar surface area (TPSA) is 198 Å². The van der Waals surface area contributed by atoms with E-state index < -0.39 is 60.6 Å². The molecule has 1 aliphatic heterocycles. The molecule has 1 aliphatic rings. The zero-order valence-corrected chi connectivity index (χ0v) is 19.3. The number of amides is 3. The maximum absolute atomic E-state index is 13.1. The largest absolute Gasteiger partial charge is 0.480 e. The van der Waals surface area contributed by atoms with Gasteiger partial charge in [0, 0.05) is 23.6 Å². The third kappa shape index (κ3) is 5.96. The molecule has 0 aliphatic carbocycles. The number of H-pyrrole nitrogens is 1. The monoisotopic (exact) mass is 489 g/mol. The van der Waals surface area contributed by atoms with Gasteiger partial charge < -0.3 is 41.6 Å². The number of carboxylic acids is 1. The second-order valence-electron chi connectivity index (χ2n) is 8.67. The Balaban J connectivity index is 1.64. The first-order valence-corrected chi connectivity index (χ1v) is 11.4. The van der Waals surface area contributed by atoms with Crippen LogP contribution in [0.4, 0.5) is 0 Å². The summed E-state index contributed by atoms with van der Waals surface area (Å²) < 4.78 is 0. The molecule has 1 aromatic heterocycles. The zero-order valence-electron chi connectivity index (χ0n) is 19.3. The van der Waals surface area contributed by atoms with Crippen molar-refractivity contribution in [3.63, 3.8) is 0 Å².